The number of nitrogens with zero attached hydrogens (tertiary/aromatic N) is 1. The number of amides is 1. The third kappa shape index (κ3) is 1.89. The zero-order chi connectivity index (χ0) is 13.6. The van der Waals surface area contributed by atoms with Crippen LogP contribution in [0.15, 0.2) is 12.1 Å². The molecule has 2 aliphatic rings. The number of hydrogen-bond donors (Lipinski definition) is 0. The lowest BCUT2D eigenvalue weighted by atomic mass is 9.73. The van der Waals surface area contributed by atoms with Crippen molar-refractivity contribution in [1.29, 1.82) is 0 Å². The highest BCUT2D eigenvalue weighted by molar-refractivity contribution is 5.50. The molecule has 1 aliphatic carbocycles. The summed E-state index contributed by atoms with van der Waals surface area (Å²) in [4.78, 5) is 12.8. The van der Waals surface area contributed by atoms with E-state index in [1.807, 2.05) is 4.90 Å². The molecule has 1 saturated heterocycles. The number of benzene rings is 1. The van der Waals surface area contributed by atoms with Gasteiger partial charge in [-0.3, -0.25) is 4.79 Å². The van der Waals surface area contributed by atoms with Crippen molar-refractivity contribution in [1.82, 2.24) is 4.90 Å². The van der Waals surface area contributed by atoms with Crippen LogP contribution < -0.4 is 0 Å². The van der Waals surface area contributed by atoms with Crippen LogP contribution in [0.1, 0.15) is 54.4 Å². The van der Waals surface area contributed by atoms with Crippen LogP contribution in [0.3, 0.4) is 0 Å². The van der Waals surface area contributed by atoms with E-state index in [4.69, 9.17) is 0 Å². The van der Waals surface area contributed by atoms with Crippen LogP contribution in [0.4, 0.5) is 0 Å². The fourth-order valence-electron chi connectivity index (χ4n) is 4.04. The molecule has 2 nitrogen and oxygen atoms in total. The molecule has 3 rings (SSSR count). The van der Waals surface area contributed by atoms with Crippen LogP contribution in [0.5, 0.6) is 0 Å². The summed E-state index contributed by atoms with van der Waals surface area (Å²) < 4.78 is 0. The Morgan fingerprint density at radius 3 is 2.47 bits per heavy atom. The van der Waals surface area contributed by atoms with Gasteiger partial charge in [0.25, 0.3) is 0 Å². The van der Waals surface area contributed by atoms with E-state index in [-0.39, 0.29) is 0 Å². The Kier molecular flexibility index (Phi) is 2.92. The van der Waals surface area contributed by atoms with Gasteiger partial charge < -0.3 is 4.90 Å². The van der Waals surface area contributed by atoms with Crippen LogP contribution in [0.25, 0.3) is 0 Å². The summed E-state index contributed by atoms with van der Waals surface area (Å²) in [6.07, 6.45) is 4.53. The molecule has 0 bridgehead atoms. The lowest BCUT2D eigenvalue weighted by molar-refractivity contribution is -0.119. The molecule has 0 radical (unpaired) electrons. The molecule has 1 unspecified atom stereocenters. The molecule has 1 spiro atoms. The first-order chi connectivity index (χ1) is 9.05. The maximum atomic E-state index is 10.9. The van der Waals surface area contributed by atoms with Crippen LogP contribution in [0.2, 0.25) is 0 Å². The number of carbonyl (C=O) groups is 1. The largest absolute Gasteiger partial charge is 0.345 e. The fourth-order valence-corrected chi connectivity index (χ4v) is 4.04. The van der Waals surface area contributed by atoms with Crippen molar-refractivity contribution in [3.63, 3.8) is 0 Å². The monoisotopic (exact) mass is 257 g/mol. The second-order valence-corrected chi connectivity index (χ2v) is 6.55. The molecule has 1 aromatic carbocycles. The summed E-state index contributed by atoms with van der Waals surface area (Å²) in [5, 5.41) is 0. The van der Waals surface area contributed by atoms with Gasteiger partial charge in [0.15, 0.2) is 0 Å². The minimum Gasteiger partial charge on any atom is -0.345 e. The van der Waals surface area contributed by atoms with Gasteiger partial charge in [-0.2, -0.15) is 0 Å². The molecule has 0 aromatic heterocycles. The minimum absolute atomic E-state index is 0.340. The van der Waals surface area contributed by atoms with Crippen molar-refractivity contribution < 1.29 is 4.79 Å². The van der Waals surface area contributed by atoms with Gasteiger partial charge in [0.1, 0.15) is 0 Å². The van der Waals surface area contributed by atoms with Gasteiger partial charge in [0.05, 0.1) is 0 Å². The number of fused-ring (bicyclic) bond motifs is 2. The molecule has 1 atom stereocenters. The Bertz CT molecular complexity index is 512. The van der Waals surface area contributed by atoms with Gasteiger partial charge in [-0.1, -0.05) is 19.1 Å². The van der Waals surface area contributed by atoms with E-state index in [1.54, 1.807) is 11.1 Å². The van der Waals surface area contributed by atoms with Gasteiger partial charge in [-0.05, 0) is 66.7 Å². The third-order valence-electron chi connectivity index (χ3n) is 5.37. The second-order valence-electron chi connectivity index (χ2n) is 6.55. The minimum atomic E-state index is 0.340. The highest BCUT2D eigenvalue weighted by Gasteiger charge is 2.44. The topological polar surface area (TPSA) is 20.3 Å². The number of rotatable bonds is 1. The van der Waals surface area contributed by atoms with Crippen molar-refractivity contribution >= 4 is 6.41 Å². The van der Waals surface area contributed by atoms with Crippen LogP contribution in [-0.2, 0) is 10.2 Å². The Morgan fingerprint density at radius 1 is 1.21 bits per heavy atom. The Morgan fingerprint density at radius 2 is 1.84 bits per heavy atom. The first-order valence-electron chi connectivity index (χ1n) is 7.37. The molecule has 1 heterocycles. The molecule has 2 heteroatoms. The Hall–Kier alpha value is -1.31. The van der Waals surface area contributed by atoms with Crippen molar-refractivity contribution in [2.75, 3.05) is 13.1 Å². The number of likely N-dealkylation sites (tertiary alicyclic amines) is 1. The number of hydrogen-bond acceptors (Lipinski definition) is 1. The standard InChI is InChI=1S/C17H23NO/c1-12-8-15-14(3)10-17(16(15)9-13(12)2)4-6-18(11-19)7-5-17/h8-9,11,14H,4-7,10H2,1-3H3. The van der Waals surface area contributed by atoms with E-state index < -0.39 is 0 Å². The molecule has 0 saturated carbocycles. The summed E-state index contributed by atoms with van der Waals surface area (Å²) in [5.41, 5.74) is 6.29. The van der Waals surface area contributed by atoms with E-state index in [0.717, 1.165) is 32.3 Å². The van der Waals surface area contributed by atoms with Crippen molar-refractivity contribution in [2.45, 2.75) is 51.4 Å². The van der Waals surface area contributed by atoms with Crippen LogP contribution in [0, 0.1) is 13.8 Å². The maximum Gasteiger partial charge on any atom is 0.209 e. The molecule has 19 heavy (non-hydrogen) atoms. The first kappa shape index (κ1) is 12.7. The zero-order valence-electron chi connectivity index (χ0n) is 12.2. The summed E-state index contributed by atoms with van der Waals surface area (Å²) >= 11 is 0. The predicted molar refractivity (Wildman–Crippen MR) is 77.5 cm³/mol. The Labute approximate surface area is 115 Å². The summed E-state index contributed by atoms with van der Waals surface area (Å²) in [6, 6.07) is 4.82. The molecular weight excluding hydrogens is 234 g/mol. The average molecular weight is 257 g/mol. The van der Waals surface area contributed by atoms with Crippen molar-refractivity contribution in [3.8, 4) is 0 Å². The first-order valence-corrected chi connectivity index (χ1v) is 7.37. The molecule has 0 N–H and O–H groups in total. The van der Waals surface area contributed by atoms with Gasteiger partial charge in [0.2, 0.25) is 6.41 Å². The highest BCUT2D eigenvalue weighted by Crippen LogP contribution is 2.51. The third-order valence-corrected chi connectivity index (χ3v) is 5.37. The van der Waals surface area contributed by atoms with Crippen molar-refractivity contribution in [2.24, 2.45) is 0 Å². The molecule has 1 aromatic rings. The number of aryl methyl sites for hydroxylation is 2. The normalized spacial score (nSPS) is 24.6. The van der Waals surface area contributed by atoms with Crippen LogP contribution >= 0.6 is 0 Å². The molecule has 1 aliphatic heterocycles. The molecule has 1 fully saturated rings. The zero-order valence-corrected chi connectivity index (χ0v) is 12.2. The van der Waals surface area contributed by atoms with E-state index in [1.165, 1.54) is 17.5 Å². The number of piperidine rings is 1. The quantitative estimate of drug-likeness (QED) is 0.707. The van der Waals surface area contributed by atoms with E-state index in [0.29, 0.717) is 11.3 Å². The molecule has 102 valence electrons. The van der Waals surface area contributed by atoms with Gasteiger partial charge >= 0.3 is 0 Å². The lowest BCUT2D eigenvalue weighted by Gasteiger charge is -2.39. The highest BCUT2D eigenvalue weighted by atomic mass is 16.1. The van der Waals surface area contributed by atoms with E-state index in [9.17, 15) is 4.79 Å². The smallest absolute Gasteiger partial charge is 0.209 e. The van der Waals surface area contributed by atoms with E-state index in [2.05, 4.69) is 32.9 Å². The van der Waals surface area contributed by atoms with Gasteiger partial charge in [-0.15, -0.1) is 0 Å². The number of carbonyl (C=O) groups excluding carboxylic acids is 1. The molecular formula is C17H23NO. The average Bonchev–Trinajstić information content (AvgIpc) is 2.65. The summed E-state index contributed by atoms with van der Waals surface area (Å²) in [7, 11) is 0. The fraction of sp³-hybridized carbons (Fsp3) is 0.588. The summed E-state index contributed by atoms with van der Waals surface area (Å²) in [6.45, 7) is 8.62. The van der Waals surface area contributed by atoms with Crippen LogP contribution in [-0.4, -0.2) is 24.4 Å². The Balaban J connectivity index is 2.00. The predicted octanol–water partition coefficient (Wildman–Crippen LogP) is 3.30. The maximum absolute atomic E-state index is 10.9. The second kappa shape index (κ2) is 4.36. The van der Waals surface area contributed by atoms with Gasteiger partial charge in [-0.25, -0.2) is 0 Å². The SMILES string of the molecule is Cc1cc2c(cc1C)C1(CCN(C=O)CC1)CC2C. The lowest BCUT2D eigenvalue weighted by Crippen LogP contribution is -2.40. The van der Waals surface area contributed by atoms with Crippen molar-refractivity contribution in [3.05, 3.63) is 34.4 Å². The summed E-state index contributed by atoms with van der Waals surface area (Å²) in [5.74, 6) is 0.664. The van der Waals surface area contributed by atoms with E-state index >= 15 is 0 Å². The molecule has 1 amide bonds. The van der Waals surface area contributed by atoms with Gasteiger partial charge in [0, 0.05) is 13.1 Å².